The van der Waals surface area contributed by atoms with Gasteiger partial charge in [-0.2, -0.15) is 5.10 Å². The van der Waals surface area contributed by atoms with Gasteiger partial charge in [-0.05, 0) is 19.4 Å². The number of nitrogens with two attached hydrogens (primary N) is 1. The molecule has 0 atom stereocenters. The third-order valence-corrected chi connectivity index (χ3v) is 2.34. The summed E-state index contributed by atoms with van der Waals surface area (Å²) in [5.74, 6) is 0. The van der Waals surface area contributed by atoms with Crippen LogP contribution in [0.1, 0.15) is 23.9 Å². The van der Waals surface area contributed by atoms with Crippen LogP contribution in [0, 0.1) is 6.92 Å². The van der Waals surface area contributed by atoms with Crippen molar-refractivity contribution < 1.29 is 0 Å². The Hall–Kier alpha value is -1.42. The van der Waals surface area contributed by atoms with E-state index in [4.69, 9.17) is 5.73 Å². The van der Waals surface area contributed by atoms with Crippen molar-refractivity contribution in [2.75, 3.05) is 0 Å². The predicted octanol–water partition coefficient (Wildman–Crippen LogP) is 1.06. The molecule has 4 heteroatoms. The second-order valence-corrected chi connectivity index (χ2v) is 3.35. The van der Waals surface area contributed by atoms with Gasteiger partial charge in [0.15, 0.2) is 5.65 Å². The van der Waals surface area contributed by atoms with Crippen molar-refractivity contribution in [3.8, 4) is 0 Å². The molecule has 0 aliphatic heterocycles. The van der Waals surface area contributed by atoms with Crippen molar-refractivity contribution >= 4 is 5.65 Å². The first-order chi connectivity index (χ1) is 6.76. The fraction of sp³-hybridized carbons (Fsp3) is 0.400. The molecule has 2 aromatic heterocycles. The van der Waals surface area contributed by atoms with Gasteiger partial charge in [0.25, 0.3) is 0 Å². The maximum absolute atomic E-state index is 5.65. The van der Waals surface area contributed by atoms with E-state index in [0.29, 0.717) is 6.54 Å². The minimum Gasteiger partial charge on any atom is -0.325 e. The predicted molar refractivity (Wildman–Crippen MR) is 55.0 cm³/mol. The molecular formula is C10H14N4. The van der Waals surface area contributed by atoms with Crippen molar-refractivity contribution in [1.29, 1.82) is 0 Å². The van der Waals surface area contributed by atoms with Crippen molar-refractivity contribution in [3.63, 3.8) is 0 Å². The van der Waals surface area contributed by atoms with Crippen LogP contribution in [0.2, 0.25) is 0 Å². The lowest BCUT2D eigenvalue weighted by molar-refractivity contribution is 0.828. The number of nitrogens with zero attached hydrogens (tertiary/aromatic N) is 3. The highest BCUT2D eigenvalue weighted by molar-refractivity contribution is 5.47. The van der Waals surface area contributed by atoms with Crippen LogP contribution >= 0.6 is 0 Å². The van der Waals surface area contributed by atoms with E-state index in [1.165, 1.54) is 5.56 Å². The van der Waals surface area contributed by atoms with E-state index < -0.39 is 0 Å². The van der Waals surface area contributed by atoms with E-state index >= 15 is 0 Å². The van der Waals surface area contributed by atoms with Crippen LogP contribution in [0.3, 0.4) is 0 Å². The van der Waals surface area contributed by atoms with Crippen molar-refractivity contribution in [2.24, 2.45) is 5.73 Å². The van der Waals surface area contributed by atoms with E-state index in [2.05, 4.69) is 17.0 Å². The Balaban J connectivity index is 2.76. The van der Waals surface area contributed by atoms with E-state index in [9.17, 15) is 0 Å². The Morgan fingerprint density at radius 1 is 1.50 bits per heavy atom. The van der Waals surface area contributed by atoms with Gasteiger partial charge in [-0.25, -0.2) is 9.50 Å². The Labute approximate surface area is 82.8 Å². The van der Waals surface area contributed by atoms with Gasteiger partial charge < -0.3 is 5.73 Å². The first-order valence-electron chi connectivity index (χ1n) is 4.79. The quantitative estimate of drug-likeness (QED) is 0.770. The monoisotopic (exact) mass is 190 g/mol. The number of hydrogen-bond acceptors (Lipinski definition) is 3. The molecule has 0 aromatic carbocycles. The molecule has 2 N–H and O–H groups in total. The summed E-state index contributed by atoms with van der Waals surface area (Å²) in [5, 5.41) is 4.28. The third kappa shape index (κ3) is 1.28. The fourth-order valence-electron chi connectivity index (χ4n) is 1.60. The Morgan fingerprint density at radius 3 is 2.93 bits per heavy atom. The minimum absolute atomic E-state index is 0.491. The zero-order valence-electron chi connectivity index (χ0n) is 8.49. The lowest BCUT2D eigenvalue weighted by atomic mass is 10.2. The highest BCUT2D eigenvalue weighted by atomic mass is 15.3. The zero-order valence-corrected chi connectivity index (χ0v) is 8.49. The molecule has 0 unspecified atom stereocenters. The normalized spacial score (nSPS) is 11.1. The molecule has 0 saturated carbocycles. The number of aromatic nitrogens is 3. The Morgan fingerprint density at radius 2 is 2.29 bits per heavy atom. The van der Waals surface area contributed by atoms with Gasteiger partial charge in [0, 0.05) is 17.8 Å². The smallest absolute Gasteiger partial charge is 0.158 e. The minimum atomic E-state index is 0.491. The first kappa shape index (κ1) is 9.15. The van der Waals surface area contributed by atoms with Crippen LogP contribution in [0.15, 0.2) is 12.3 Å². The van der Waals surface area contributed by atoms with Crippen LogP contribution in [0.4, 0.5) is 0 Å². The van der Waals surface area contributed by atoms with Crippen molar-refractivity contribution in [3.05, 3.63) is 29.2 Å². The summed E-state index contributed by atoms with van der Waals surface area (Å²) in [6.45, 7) is 4.57. The van der Waals surface area contributed by atoms with Crippen LogP contribution in [-0.2, 0) is 13.0 Å². The molecule has 2 rings (SSSR count). The molecular weight excluding hydrogens is 176 g/mol. The highest BCUT2D eigenvalue weighted by Crippen LogP contribution is 2.12. The second kappa shape index (κ2) is 3.38. The number of hydrogen-bond donors (Lipinski definition) is 1. The molecule has 0 radical (unpaired) electrons. The largest absolute Gasteiger partial charge is 0.325 e. The summed E-state index contributed by atoms with van der Waals surface area (Å²) in [6.07, 6.45) is 2.81. The number of rotatable bonds is 2. The van der Waals surface area contributed by atoms with E-state index in [0.717, 1.165) is 23.5 Å². The van der Waals surface area contributed by atoms with Crippen LogP contribution in [0.25, 0.3) is 5.65 Å². The fourth-order valence-corrected chi connectivity index (χ4v) is 1.60. The molecule has 2 aromatic rings. The van der Waals surface area contributed by atoms with Gasteiger partial charge in [-0.3, -0.25) is 0 Å². The van der Waals surface area contributed by atoms with E-state index in [1.54, 1.807) is 0 Å². The maximum atomic E-state index is 5.65. The number of fused-ring (bicyclic) bond motifs is 1. The Kier molecular flexibility index (Phi) is 2.21. The van der Waals surface area contributed by atoms with Gasteiger partial charge in [0.05, 0.1) is 11.9 Å². The topological polar surface area (TPSA) is 56.2 Å². The molecule has 4 nitrogen and oxygen atoms in total. The van der Waals surface area contributed by atoms with Gasteiger partial charge in [-0.15, -0.1) is 0 Å². The summed E-state index contributed by atoms with van der Waals surface area (Å²) in [6, 6.07) is 1.97. The first-order valence-corrected chi connectivity index (χ1v) is 4.79. The third-order valence-electron chi connectivity index (χ3n) is 2.34. The second-order valence-electron chi connectivity index (χ2n) is 3.35. The maximum Gasteiger partial charge on any atom is 0.158 e. The van der Waals surface area contributed by atoms with Gasteiger partial charge in [0.2, 0.25) is 0 Å². The van der Waals surface area contributed by atoms with Crippen LogP contribution < -0.4 is 5.73 Å². The molecule has 0 spiro atoms. The highest BCUT2D eigenvalue weighted by Gasteiger charge is 2.07. The van der Waals surface area contributed by atoms with Crippen LogP contribution in [0.5, 0.6) is 0 Å². The number of aryl methyl sites for hydroxylation is 2. The summed E-state index contributed by atoms with van der Waals surface area (Å²) in [5.41, 5.74) is 9.75. The average molecular weight is 190 g/mol. The molecule has 0 amide bonds. The van der Waals surface area contributed by atoms with Crippen LogP contribution in [-0.4, -0.2) is 14.6 Å². The zero-order chi connectivity index (χ0) is 10.1. The molecule has 74 valence electrons. The summed E-state index contributed by atoms with van der Waals surface area (Å²) in [4.78, 5) is 4.46. The summed E-state index contributed by atoms with van der Waals surface area (Å²) >= 11 is 0. The van der Waals surface area contributed by atoms with E-state index in [1.807, 2.05) is 23.7 Å². The van der Waals surface area contributed by atoms with Gasteiger partial charge >= 0.3 is 0 Å². The van der Waals surface area contributed by atoms with Gasteiger partial charge in [0.1, 0.15) is 0 Å². The van der Waals surface area contributed by atoms with Crippen molar-refractivity contribution in [2.45, 2.75) is 26.8 Å². The molecule has 14 heavy (non-hydrogen) atoms. The molecule has 0 saturated heterocycles. The SMILES string of the molecule is CCc1cnn2c(CN)cc(C)nc12. The molecule has 0 fully saturated rings. The Bertz CT molecular complexity index is 458. The average Bonchev–Trinajstić information content (AvgIpc) is 2.59. The molecule has 0 aliphatic rings. The molecule has 0 aliphatic carbocycles. The lowest BCUT2D eigenvalue weighted by Gasteiger charge is -2.03. The summed E-state index contributed by atoms with van der Waals surface area (Å²) in [7, 11) is 0. The molecule has 2 heterocycles. The van der Waals surface area contributed by atoms with E-state index in [-0.39, 0.29) is 0 Å². The summed E-state index contributed by atoms with van der Waals surface area (Å²) < 4.78 is 1.83. The lowest BCUT2D eigenvalue weighted by Crippen LogP contribution is -2.07. The van der Waals surface area contributed by atoms with Gasteiger partial charge in [-0.1, -0.05) is 6.92 Å². The van der Waals surface area contributed by atoms with Crippen molar-refractivity contribution in [1.82, 2.24) is 14.6 Å². The standard InChI is InChI=1S/C10H14N4/c1-3-8-6-12-14-9(5-11)4-7(2)13-10(8)14/h4,6H,3,5,11H2,1-2H3. The molecule has 0 bridgehead atoms.